The SMILES string of the molecule is COCC(NC(=O)[C@@H](COC)NC(C)=O)C(=O)NCc1ccccc1. The number of amides is 3. The second-order valence-corrected chi connectivity index (χ2v) is 5.43. The molecule has 8 heteroatoms. The minimum Gasteiger partial charge on any atom is -0.382 e. The van der Waals surface area contributed by atoms with Crippen molar-refractivity contribution in [3.05, 3.63) is 35.9 Å². The van der Waals surface area contributed by atoms with E-state index in [-0.39, 0.29) is 25.0 Å². The number of carbonyl (C=O) groups excluding carboxylic acids is 3. The first-order valence-corrected chi connectivity index (χ1v) is 7.85. The molecule has 0 spiro atoms. The van der Waals surface area contributed by atoms with E-state index in [0.29, 0.717) is 6.54 Å². The molecule has 1 aromatic carbocycles. The maximum absolute atomic E-state index is 12.3. The summed E-state index contributed by atoms with van der Waals surface area (Å²) in [5, 5.41) is 7.80. The molecule has 0 saturated carbocycles. The normalized spacial score (nSPS) is 12.8. The first kappa shape index (κ1) is 20.6. The Hall–Kier alpha value is -2.45. The molecule has 0 radical (unpaired) electrons. The second kappa shape index (κ2) is 11.2. The van der Waals surface area contributed by atoms with Crippen LogP contribution in [0.3, 0.4) is 0 Å². The van der Waals surface area contributed by atoms with Crippen LogP contribution in [0.4, 0.5) is 0 Å². The summed E-state index contributed by atoms with van der Waals surface area (Å²) in [5.41, 5.74) is 0.939. The highest BCUT2D eigenvalue weighted by Gasteiger charge is 2.26. The number of ether oxygens (including phenoxy) is 2. The molecule has 25 heavy (non-hydrogen) atoms. The molecule has 1 rings (SSSR count). The van der Waals surface area contributed by atoms with Crippen LogP contribution < -0.4 is 16.0 Å². The third-order valence-electron chi connectivity index (χ3n) is 3.30. The number of carbonyl (C=O) groups is 3. The zero-order valence-electron chi connectivity index (χ0n) is 14.7. The van der Waals surface area contributed by atoms with Crippen molar-refractivity contribution in [2.75, 3.05) is 27.4 Å². The monoisotopic (exact) mass is 351 g/mol. The first-order valence-electron chi connectivity index (χ1n) is 7.85. The second-order valence-electron chi connectivity index (χ2n) is 5.43. The molecule has 0 saturated heterocycles. The molecule has 8 nitrogen and oxygen atoms in total. The number of nitrogens with one attached hydrogen (secondary N) is 3. The van der Waals surface area contributed by atoms with Crippen molar-refractivity contribution in [3.63, 3.8) is 0 Å². The lowest BCUT2D eigenvalue weighted by molar-refractivity contribution is -0.133. The van der Waals surface area contributed by atoms with Crippen LogP contribution in [-0.4, -0.2) is 57.2 Å². The summed E-state index contributed by atoms with van der Waals surface area (Å²) in [6, 6.07) is 7.64. The van der Waals surface area contributed by atoms with Gasteiger partial charge in [0.05, 0.1) is 13.2 Å². The molecule has 3 N–H and O–H groups in total. The zero-order valence-corrected chi connectivity index (χ0v) is 14.7. The number of benzene rings is 1. The van der Waals surface area contributed by atoms with Gasteiger partial charge in [-0.25, -0.2) is 0 Å². The molecular weight excluding hydrogens is 326 g/mol. The maximum atomic E-state index is 12.3. The third kappa shape index (κ3) is 7.77. The standard InChI is InChI=1S/C17H25N3O5/c1-12(21)19-15(11-25-3)17(23)20-14(10-24-2)16(22)18-9-13-7-5-4-6-8-13/h4-8,14-15H,9-11H2,1-3H3,(H,18,22)(H,19,21)(H,20,23)/t14?,15-/m1/s1. The average molecular weight is 351 g/mol. The van der Waals surface area contributed by atoms with Crippen LogP contribution in [0.2, 0.25) is 0 Å². The van der Waals surface area contributed by atoms with Crippen LogP contribution in [0.15, 0.2) is 30.3 Å². The van der Waals surface area contributed by atoms with Gasteiger partial charge >= 0.3 is 0 Å². The minimum atomic E-state index is -0.885. The minimum absolute atomic E-state index is 0.00322. The van der Waals surface area contributed by atoms with Gasteiger partial charge in [0.2, 0.25) is 17.7 Å². The molecule has 0 aliphatic heterocycles. The Bertz CT molecular complexity index is 565. The van der Waals surface area contributed by atoms with E-state index >= 15 is 0 Å². The van der Waals surface area contributed by atoms with Gasteiger partial charge in [0.25, 0.3) is 0 Å². The molecule has 0 fully saturated rings. The molecule has 3 amide bonds. The summed E-state index contributed by atoms with van der Waals surface area (Å²) >= 11 is 0. The Morgan fingerprint density at radius 2 is 1.48 bits per heavy atom. The van der Waals surface area contributed by atoms with Gasteiger partial charge in [-0.1, -0.05) is 30.3 Å². The van der Waals surface area contributed by atoms with Crippen LogP contribution in [0, 0.1) is 0 Å². The van der Waals surface area contributed by atoms with E-state index in [4.69, 9.17) is 9.47 Å². The number of rotatable bonds is 10. The molecule has 0 bridgehead atoms. The lowest BCUT2D eigenvalue weighted by atomic mass is 10.2. The fourth-order valence-electron chi connectivity index (χ4n) is 2.13. The summed E-state index contributed by atoms with van der Waals surface area (Å²) in [7, 11) is 2.85. The topological polar surface area (TPSA) is 106 Å². The number of hydrogen-bond donors (Lipinski definition) is 3. The van der Waals surface area contributed by atoms with E-state index in [1.54, 1.807) is 0 Å². The van der Waals surface area contributed by atoms with E-state index in [9.17, 15) is 14.4 Å². The van der Waals surface area contributed by atoms with Crippen LogP contribution >= 0.6 is 0 Å². The van der Waals surface area contributed by atoms with Gasteiger partial charge in [0, 0.05) is 27.7 Å². The smallest absolute Gasteiger partial charge is 0.245 e. The van der Waals surface area contributed by atoms with Crippen molar-refractivity contribution in [1.82, 2.24) is 16.0 Å². The summed E-state index contributed by atoms with van der Waals surface area (Å²) in [5.74, 6) is -1.26. The van der Waals surface area contributed by atoms with E-state index in [0.717, 1.165) is 5.56 Å². The van der Waals surface area contributed by atoms with Crippen LogP contribution in [0.1, 0.15) is 12.5 Å². The molecule has 0 aliphatic carbocycles. The fraction of sp³-hybridized carbons (Fsp3) is 0.471. The van der Waals surface area contributed by atoms with Crippen molar-refractivity contribution in [1.29, 1.82) is 0 Å². The molecule has 138 valence electrons. The van der Waals surface area contributed by atoms with Crippen molar-refractivity contribution in [2.45, 2.75) is 25.6 Å². The highest BCUT2D eigenvalue weighted by atomic mass is 16.5. The highest BCUT2D eigenvalue weighted by Crippen LogP contribution is 1.98. The lowest BCUT2D eigenvalue weighted by Crippen LogP contribution is -2.56. The van der Waals surface area contributed by atoms with Gasteiger partial charge in [-0.15, -0.1) is 0 Å². The molecule has 1 unspecified atom stereocenters. The van der Waals surface area contributed by atoms with Crippen molar-refractivity contribution >= 4 is 17.7 Å². The van der Waals surface area contributed by atoms with Gasteiger partial charge in [0.15, 0.2) is 0 Å². The summed E-state index contributed by atoms with van der Waals surface area (Å²) in [6.45, 7) is 1.64. The van der Waals surface area contributed by atoms with Gasteiger partial charge < -0.3 is 25.4 Å². The largest absolute Gasteiger partial charge is 0.382 e. The van der Waals surface area contributed by atoms with E-state index in [1.807, 2.05) is 30.3 Å². The molecule has 1 aromatic rings. The van der Waals surface area contributed by atoms with Crippen molar-refractivity contribution in [3.8, 4) is 0 Å². The van der Waals surface area contributed by atoms with Crippen LogP contribution in [0.25, 0.3) is 0 Å². The summed E-state index contributed by atoms with van der Waals surface area (Å²) in [6.07, 6.45) is 0. The Morgan fingerprint density at radius 3 is 2.00 bits per heavy atom. The molecule has 0 aliphatic rings. The Labute approximate surface area is 147 Å². The quantitative estimate of drug-likeness (QED) is 0.531. The van der Waals surface area contributed by atoms with Crippen molar-refractivity contribution < 1.29 is 23.9 Å². The summed E-state index contributed by atoms with van der Waals surface area (Å²) in [4.78, 5) is 35.8. The third-order valence-corrected chi connectivity index (χ3v) is 3.30. The Kier molecular flexibility index (Phi) is 9.20. The zero-order chi connectivity index (χ0) is 18.7. The fourth-order valence-corrected chi connectivity index (χ4v) is 2.13. The molecule has 0 heterocycles. The molecule has 0 aromatic heterocycles. The predicted molar refractivity (Wildman–Crippen MR) is 91.6 cm³/mol. The Balaban J connectivity index is 2.65. The van der Waals surface area contributed by atoms with E-state index < -0.39 is 18.0 Å². The van der Waals surface area contributed by atoms with E-state index in [1.165, 1.54) is 21.1 Å². The van der Waals surface area contributed by atoms with Crippen LogP contribution in [0.5, 0.6) is 0 Å². The van der Waals surface area contributed by atoms with Gasteiger partial charge in [-0.3, -0.25) is 14.4 Å². The van der Waals surface area contributed by atoms with Crippen molar-refractivity contribution in [2.24, 2.45) is 0 Å². The molecular formula is C17H25N3O5. The first-order chi connectivity index (χ1) is 12.0. The highest BCUT2D eigenvalue weighted by molar-refractivity contribution is 5.91. The maximum Gasteiger partial charge on any atom is 0.245 e. The summed E-state index contributed by atoms with van der Waals surface area (Å²) < 4.78 is 9.93. The van der Waals surface area contributed by atoms with Crippen LogP contribution in [-0.2, 0) is 30.4 Å². The Morgan fingerprint density at radius 1 is 0.920 bits per heavy atom. The lowest BCUT2D eigenvalue weighted by Gasteiger charge is -2.22. The van der Waals surface area contributed by atoms with E-state index in [2.05, 4.69) is 16.0 Å². The van der Waals surface area contributed by atoms with Gasteiger partial charge in [-0.05, 0) is 5.56 Å². The average Bonchev–Trinajstić information content (AvgIpc) is 2.59. The van der Waals surface area contributed by atoms with Gasteiger partial charge in [-0.2, -0.15) is 0 Å². The number of methoxy groups -OCH3 is 2. The number of hydrogen-bond acceptors (Lipinski definition) is 5. The molecule has 2 atom stereocenters. The van der Waals surface area contributed by atoms with Gasteiger partial charge in [0.1, 0.15) is 12.1 Å². The predicted octanol–water partition coefficient (Wildman–Crippen LogP) is -0.415.